The van der Waals surface area contributed by atoms with Crippen LogP contribution in [0.2, 0.25) is 5.02 Å². The van der Waals surface area contributed by atoms with Gasteiger partial charge in [0.15, 0.2) is 11.4 Å². The van der Waals surface area contributed by atoms with Gasteiger partial charge in [0.25, 0.3) is 0 Å². The van der Waals surface area contributed by atoms with Crippen molar-refractivity contribution in [2.45, 2.75) is 6.54 Å². The average Bonchev–Trinajstić information content (AvgIpc) is 2.75. The summed E-state index contributed by atoms with van der Waals surface area (Å²) in [5.41, 5.74) is 0.810. The molecule has 0 aliphatic rings. The molecule has 2 rings (SSSR count). The first-order chi connectivity index (χ1) is 8.63. The van der Waals surface area contributed by atoms with Gasteiger partial charge in [-0.05, 0) is 11.6 Å². The van der Waals surface area contributed by atoms with Gasteiger partial charge < -0.3 is 9.84 Å². The fourth-order valence-corrected chi connectivity index (χ4v) is 1.84. The van der Waals surface area contributed by atoms with E-state index in [0.29, 0.717) is 5.02 Å². The molecule has 1 aromatic carbocycles. The number of aromatic carboxylic acids is 1. The van der Waals surface area contributed by atoms with Crippen LogP contribution in [-0.4, -0.2) is 28.0 Å². The van der Waals surface area contributed by atoms with Crippen LogP contribution in [0.4, 0.5) is 0 Å². The molecule has 0 bridgehead atoms. The van der Waals surface area contributed by atoms with Crippen LogP contribution >= 0.6 is 11.6 Å². The van der Waals surface area contributed by atoms with E-state index in [1.165, 1.54) is 18.0 Å². The molecule has 1 N–H and O–H groups in total. The first-order valence-corrected chi connectivity index (χ1v) is 5.57. The number of methoxy groups -OCH3 is 1. The Kier molecular flexibility index (Phi) is 3.53. The highest BCUT2D eigenvalue weighted by Crippen LogP contribution is 2.21. The van der Waals surface area contributed by atoms with Gasteiger partial charge >= 0.3 is 5.97 Å². The molecular formula is C12H11ClN2O3. The molecule has 0 fully saturated rings. The van der Waals surface area contributed by atoms with Crippen molar-refractivity contribution >= 4 is 17.6 Å². The number of carboxylic acid groups (broad SMARTS) is 1. The van der Waals surface area contributed by atoms with Gasteiger partial charge in [-0.3, -0.25) is 4.68 Å². The van der Waals surface area contributed by atoms with E-state index in [9.17, 15) is 4.79 Å². The van der Waals surface area contributed by atoms with Gasteiger partial charge in [0, 0.05) is 5.02 Å². The first kappa shape index (κ1) is 12.4. The van der Waals surface area contributed by atoms with Gasteiger partial charge in [-0.2, -0.15) is 5.10 Å². The Hall–Kier alpha value is -2.01. The Balaban J connectivity index is 2.38. The molecule has 0 unspecified atom stereocenters. The van der Waals surface area contributed by atoms with E-state index in [1.54, 1.807) is 6.07 Å². The Morgan fingerprint density at radius 3 is 2.83 bits per heavy atom. The van der Waals surface area contributed by atoms with Crippen LogP contribution in [0.3, 0.4) is 0 Å². The van der Waals surface area contributed by atoms with E-state index in [4.69, 9.17) is 21.4 Å². The lowest BCUT2D eigenvalue weighted by atomic mass is 10.2. The quantitative estimate of drug-likeness (QED) is 0.922. The summed E-state index contributed by atoms with van der Waals surface area (Å²) >= 11 is 6.03. The molecule has 18 heavy (non-hydrogen) atoms. The molecule has 0 aliphatic carbocycles. The van der Waals surface area contributed by atoms with Gasteiger partial charge in [-0.25, -0.2) is 4.79 Å². The van der Waals surface area contributed by atoms with E-state index in [2.05, 4.69) is 5.10 Å². The third kappa shape index (κ3) is 2.31. The lowest BCUT2D eigenvalue weighted by Gasteiger charge is -2.07. The summed E-state index contributed by atoms with van der Waals surface area (Å²) in [7, 11) is 1.41. The second-order valence-electron chi connectivity index (χ2n) is 3.62. The lowest BCUT2D eigenvalue weighted by Crippen LogP contribution is -2.12. The number of rotatable bonds is 4. The topological polar surface area (TPSA) is 64.4 Å². The third-order valence-electron chi connectivity index (χ3n) is 2.51. The molecule has 2 aromatic rings. The van der Waals surface area contributed by atoms with Crippen LogP contribution in [0.1, 0.15) is 16.1 Å². The second-order valence-corrected chi connectivity index (χ2v) is 4.02. The minimum Gasteiger partial charge on any atom is -0.493 e. The van der Waals surface area contributed by atoms with Crippen LogP contribution < -0.4 is 4.74 Å². The summed E-state index contributed by atoms with van der Waals surface area (Å²) in [6.45, 7) is 0.282. The highest BCUT2D eigenvalue weighted by atomic mass is 35.5. The molecule has 0 spiro atoms. The zero-order valence-corrected chi connectivity index (χ0v) is 10.4. The molecule has 0 aliphatic heterocycles. The Morgan fingerprint density at radius 2 is 2.22 bits per heavy atom. The van der Waals surface area contributed by atoms with E-state index in [1.807, 2.05) is 18.2 Å². The van der Waals surface area contributed by atoms with E-state index >= 15 is 0 Å². The Morgan fingerprint density at radius 1 is 1.50 bits per heavy atom. The molecule has 1 aromatic heterocycles. The molecule has 5 nitrogen and oxygen atoms in total. The summed E-state index contributed by atoms with van der Waals surface area (Å²) in [6.07, 6.45) is 1.38. The lowest BCUT2D eigenvalue weighted by molar-refractivity contribution is 0.0680. The summed E-state index contributed by atoms with van der Waals surface area (Å²) in [5.74, 6) is -0.856. The van der Waals surface area contributed by atoms with E-state index in [-0.39, 0.29) is 18.0 Å². The van der Waals surface area contributed by atoms with Crippen molar-refractivity contribution in [1.29, 1.82) is 0 Å². The van der Waals surface area contributed by atoms with E-state index in [0.717, 1.165) is 5.56 Å². The van der Waals surface area contributed by atoms with Crippen molar-refractivity contribution in [3.8, 4) is 5.75 Å². The fourth-order valence-electron chi connectivity index (χ4n) is 1.64. The summed E-state index contributed by atoms with van der Waals surface area (Å²) < 4.78 is 6.31. The maximum absolute atomic E-state index is 11.2. The summed E-state index contributed by atoms with van der Waals surface area (Å²) in [5, 5.41) is 13.7. The second kappa shape index (κ2) is 5.10. The number of nitrogens with zero attached hydrogens (tertiary/aromatic N) is 2. The van der Waals surface area contributed by atoms with Crippen molar-refractivity contribution < 1.29 is 14.6 Å². The average molecular weight is 267 g/mol. The van der Waals surface area contributed by atoms with Crippen molar-refractivity contribution in [2.24, 2.45) is 0 Å². The van der Waals surface area contributed by atoms with Crippen LogP contribution in [-0.2, 0) is 6.54 Å². The smallest absolute Gasteiger partial charge is 0.358 e. The van der Waals surface area contributed by atoms with Crippen LogP contribution in [0, 0.1) is 0 Å². The number of aromatic nitrogens is 2. The maximum Gasteiger partial charge on any atom is 0.358 e. The van der Waals surface area contributed by atoms with Gasteiger partial charge in [-0.15, -0.1) is 0 Å². The van der Waals surface area contributed by atoms with Gasteiger partial charge in [-0.1, -0.05) is 29.8 Å². The van der Waals surface area contributed by atoms with Crippen molar-refractivity contribution in [3.63, 3.8) is 0 Å². The van der Waals surface area contributed by atoms with Gasteiger partial charge in [0.05, 0.1) is 19.9 Å². The molecule has 0 saturated heterocycles. The molecule has 0 radical (unpaired) electrons. The maximum atomic E-state index is 11.2. The molecular weight excluding hydrogens is 256 g/mol. The number of hydrogen-bond acceptors (Lipinski definition) is 3. The predicted octanol–water partition coefficient (Wildman–Crippen LogP) is 2.29. The molecule has 1 heterocycles. The third-order valence-corrected chi connectivity index (χ3v) is 2.88. The molecule has 0 saturated carbocycles. The number of ether oxygens (including phenoxy) is 1. The highest BCUT2D eigenvalue weighted by molar-refractivity contribution is 6.31. The summed E-state index contributed by atoms with van der Waals surface area (Å²) in [4.78, 5) is 11.2. The molecule has 6 heteroatoms. The van der Waals surface area contributed by atoms with Gasteiger partial charge in [0.1, 0.15) is 0 Å². The highest BCUT2D eigenvalue weighted by Gasteiger charge is 2.19. The largest absolute Gasteiger partial charge is 0.493 e. The van der Waals surface area contributed by atoms with E-state index < -0.39 is 5.97 Å². The standard InChI is InChI=1S/C12H11ClN2O3/c1-18-10-6-14-15(11(10)12(16)17)7-8-4-2-3-5-9(8)13/h2-6H,7H2,1H3,(H,16,17). The predicted molar refractivity (Wildman–Crippen MR) is 66.3 cm³/mol. The number of hydrogen-bond donors (Lipinski definition) is 1. The first-order valence-electron chi connectivity index (χ1n) is 5.20. The number of halogens is 1. The number of carboxylic acids is 1. The van der Waals surface area contributed by atoms with Crippen molar-refractivity contribution in [2.75, 3.05) is 7.11 Å². The van der Waals surface area contributed by atoms with Gasteiger partial charge in [0.2, 0.25) is 0 Å². The SMILES string of the molecule is COc1cnn(Cc2ccccc2Cl)c1C(=O)O. The minimum atomic E-state index is -1.09. The number of benzene rings is 1. The van der Waals surface area contributed by atoms with Crippen LogP contribution in [0.25, 0.3) is 0 Å². The summed E-state index contributed by atoms with van der Waals surface area (Å²) in [6, 6.07) is 7.22. The monoisotopic (exact) mass is 266 g/mol. The molecule has 94 valence electrons. The Labute approximate surface area is 109 Å². The van der Waals surface area contributed by atoms with Crippen molar-refractivity contribution in [3.05, 3.63) is 46.7 Å². The molecule has 0 atom stereocenters. The molecule has 0 amide bonds. The normalized spacial score (nSPS) is 10.3. The Bertz CT molecular complexity index is 580. The van der Waals surface area contributed by atoms with Crippen molar-refractivity contribution in [1.82, 2.24) is 9.78 Å². The zero-order valence-electron chi connectivity index (χ0n) is 9.63. The van der Waals surface area contributed by atoms with Crippen LogP contribution in [0.5, 0.6) is 5.75 Å². The fraction of sp³-hybridized carbons (Fsp3) is 0.167. The number of carbonyl (C=O) groups is 1. The zero-order chi connectivity index (χ0) is 13.1. The van der Waals surface area contributed by atoms with Crippen LogP contribution in [0.15, 0.2) is 30.5 Å². The minimum absolute atomic E-state index is 0.0115.